The number of furan rings is 1. The van der Waals surface area contributed by atoms with Crippen molar-refractivity contribution in [3.63, 3.8) is 0 Å². The molecule has 1 saturated carbocycles. The average Bonchev–Trinajstić information content (AvgIpc) is 3.45. The average molecular weight is 488 g/mol. The van der Waals surface area contributed by atoms with Crippen LogP contribution >= 0.6 is 11.8 Å². The van der Waals surface area contributed by atoms with E-state index < -0.39 is 4.92 Å². The van der Waals surface area contributed by atoms with Gasteiger partial charge in [-0.3, -0.25) is 19.8 Å². The third kappa shape index (κ3) is 4.93. The highest BCUT2D eigenvalue weighted by Crippen LogP contribution is 2.40. The van der Waals surface area contributed by atoms with Gasteiger partial charge < -0.3 is 4.42 Å². The number of nitro benzene ring substituents is 1. The largest absolute Gasteiger partial charge is 0.457 e. The molecule has 7 nitrogen and oxygen atoms in total. The number of non-ortho nitro benzene ring substituents is 1. The van der Waals surface area contributed by atoms with Crippen molar-refractivity contribution in [1.29, 1.82) is 0 Å². The normalized spacial score (nSPS) is 22.8. The number of aliphatic imine (C=N–C) groups is 1. The van der Waals surface area contributed by atoms with Gasteiger partial charge in [0, 0.05) is 29.8 Å². The second kappa shape index (κ2) is 9.92. The molecule has 2 fully saturated rings. The maximum atomic E-state index is 13.6. The van der Waals surface area contributed by atoms with Gasteiger partial charge in [-0.1, -0.05) is 50.1 Å². The van der Waals surface area contributed by atoms with E-state index in [0.29, 0.717) is 33.1 Å². The topological polar surface area (TPSA) is 89.0 Å². The zero-order chi connectivity index (χ0) is 24.4. The summed E-state index contributed by atoms with van der Waals surface area (Å²) in [4.78, 5) is 31.5. The molecule has 2 aliphatic rings. The van der Waals surface area contributed by atoms with E-state index >= 15 is 0 Å². The second-order valence-corrected chi connectivity index (χ2v) is 9.86. The molecule has 0 radical (unpaired) electrons. The number of amidine groups is 1. The Labute approximate surface area is 207 Å². The molecule has 0 unspecified atom stereocenters. The number of hydrogen-bond donors (Lipinski definition) is 0. The zero-order valence-electron chi connectivity index (χ0n) is 19.3. The summed E-state index contributed by atoms with van der Waals surface area (Å²) in [6, 6.07) is 19.6. The zero-order valence-corrected chi connectivity index (χ0v) is 20.1. The number of nitrogens with zero attached hydrogens (tertiary/aromatic N) is 3. The molecule has 2 heterocycles. The first-order valence-corrected chi connectivity index (χ1v) is 12.5. The van der Waals surface area contributed by atoms with Gasteiger partial charge in [0.05, 0.1) is 15.5 Å². The summed E-state index contributed by atoms with van der Waals surface area (Å²) >= 11 is 1.36. The monoisotopic (exact) mass is 487 g/mol. The van der Waals surface area contributed by atoms with E-state index in [9.17, 15) is 14.9 Å². The van der Waals surface area contributed by atoms with Gasteiger partial charge in [-0.2, -0.15) is 0 Å². The maximum Gasteiger partial charge on any atom is 0.270 e. The summed E-state index contributed by atoms with van der Waals surface area (Å²) in [5.41, 5.74) is 1.42. The van der Waals surface area contributed by atoms with Gasteiger partial charge in [-0.05, 0) is 54.8 Å². The first-order chi connectivity index (χ1) is 17.0. The van der Waals surface area contributed by atoms with Gasteiger partial charge in [-0.15, -0.1) is 0 Å². The first-order valence-electron chi connectivity index (χ1n) is 11.7. The van der Waals surface area contributed by atoms with Crippen molar-refractivity contribution in [1.82, 2.24) is 4.90 Å². The SMILES string of the molecule is C[C@@H]1CCCC[C@@H]1N1C(=O)/C(=C/c2ccc(-c3cccc([N+](=O)[O-])c3)o2)SC1=Nc1ccccc1. The van der Waals surface area contributed by atoms with E-state index in [2.05, 4.69) is 6.92 Å². The third-order valence-electron chi connectivity index (χ3n) is 6.46. The van der Waals surface area contributed by atoms with E-state index in [0.717, 1.165) is 24.9 Å². The number of para-hydroxylation sites is 1. The predicted molar refractivity (Wildman–Crippen MR) is 138 cm³/mol. The maximum absolute atomic E-state index is 13.6. The fraction of sp³-hybridized carbons (Fsp3) is 0.259. The molecule has 178 valence electrons. The minimum Gasteiger partial charge on any atom is -0.457 e. The lowest BCUT2D eigenvalue weighted by Gasteiger charge is -2.35. The van der Waals surface area contributed by atoms with Crippen LogP contribution in [0, 0.1) is 16.0 Å². The molecule has 1 aromatic heterocycles. The van der Waals surface area contributed by atoms with Crippen molar-refractivity contribution in [2.75, 3.05) is 0 Å². The summed E-state index contributed by atoms with van der Waals surface area (Å²) < 4.78 is 5.95. The van der Waals surface area contributed by atoms with Crippen molar-refractivity contribution in [3.05, 3.63) is 87.5 Å². The summed E-state index contributed by atoms with van der Waals surface area (Å²) in [5.74, 6) is 1.36. The van der Waals surface area contributed by atoms with E-state index in [4.69, 9.17) is 9.41 Å². The Morgan fingerprint density at radius 2 is 1.89 bits per heavy atom. The third-order valence-corrected chi connectivity index (χ3v) is 7.44. The lowest BCUT2D eigenvalue weighted by Crippen LogP contribution is -2.44. The quantitative estimate of drug-likeness (QED) is 0.219. The van der Waals surface area contributed by atoms with Crippen LogP contribution in [-0.4, -0.2) is 26.9 Å². The van der Waals surface area contributed by atoms with Crippen LogP contribution in [0.4, 0.5) is 11.4 Å². The highest BCUT2D eigenvalue weighted by molar-refractivity contribution is 8.18. The summed E-state index contributed by atoms with van der Waals surface area (Å²) in [6.45, 7) is 2.21. The molecule has 8 heteroatoms. The van der Waals surface area contributed by atoms with Crippen LogP contribution < -0.4 is 0 Å². The second-order valence-electron chi connectivity index (χ2n) is 8.85. The van der Waals surface area contributed by atoms with Crippen LogP contribution in [0.2, 0.25) is 0 Å². The van der Waals surface area contributed by atoms with E-state index in [1.165, 1.54) is 30.3 Å². The van der Waals surface area contributed by atoms with E-state index in [-0.39, 0.29) is 17.6 Å². The Hall–Kier alpha value is -3.65. The van der Waals surface area contributed by atoms with Crippen molar-refractivity contribution in [3.8, 4) is 11.3 Å². The van der Waals surface area contributed by atoms with Crippen LogP contribution in [-0.2, 0) is 4.79 Å². The molecule has 0 spiro atoms. The molecule has 35 heavy (non-hydrogen) atoms. The molecule has 1 amide bonds. The minimum absolute atomic E-state index is 0.000611. The van der Waals surface area contributed by atoms with Crippen LogP contribution in [0.25, 0.3) is 17.4 Å². The van der Waals surface area contributed by atoms with Crippen molar-refractivity contribution in [2.45, 2.75) is 38.6 Å². The lowest BCUT2D eigenvalue weighted by molar-refractivity contribution is -0.384. The fourth-order valence-electron chi connectivity index (χ4n) is 4.64. The van der Waals surface area contributed by atoms with Crippen molar-refractivity contribution in [2.24, 2.45) is 10.9 Å². The Balaban J connectivity index is 1.47. The summed E-state index contributed by atoms with van der Waals surface area (Å²) in [7, 11) is 0. The van der Waals surface area contributed by atoms with Crippen LogP contribution in [0.3, 0.4) is 0 Å². The van der Waals surface area contributed by atoms with Gasteiger partial charge >= 0.3 is 0 Å². The Bertz CT molecular complexity index is 1310. The lowest BCUT2D eigenvalue weighted by atomic mass is 9.85. The van der Waals surface area contributed by atoms with Crippen LogP contribution in [0.5, 0.6) is 0 Å². The molecule has 1 saturated heterocycles. The smallest absolute Gasteiger partial charge is 0.270 e. The number of carbonyl (C=O) groups excluding carboxylic acids is 1. The Kier molecular flexibility index (Phi) is 6.55. The minimum atomic E-state index is -0.433. The number of benzene rings is 2. The Morgan fingerprint density at radius 3 is 2.66 bits per heavy atom. The molecule has 0 bridgehead atoms. The molecular formula is C27H25N3O4S. The van der Waals surface area contributed by atoms with Crippen molar-refractivity contribution >= 4 is 40.3 Å². The van der Waals surface area contributed by atoms with Gasteiger partial charge in [0.25, 0.3) is 11.6 Å². The first kappa shape index (κ1) is 23.1. The molecule has 1 aliphatic heterocycles. The molecule has 2 atom stereocenters. The predicted octanol–water partition coefficient (Wildman–Crippen LogP) is 7.04. The number of nitro groups is 1. The van der Waals surface area contributed by atoms with Crippen molar-refractivity contribution < 1.29 is 14.1 Å². The molecule has 3 aromatic rings. The molecule has 2 aromatic carbocycles. The number of thioether (sulfide) groups is 1. The summed E-state index contributed by atoms with van der Waals surface area (Å²) in [5, 5.41) is 11.8. The molecule has 5 rings (SSSR count). The highest BCUT2D eigenvalue weighted by Gasteiger charge is 2.41. The summed E-state index contributed by atoms with van der Waals surface area (Å²) in [6.07, 6.45) is 6.09. The van der Waals surface area contributed by atoms with Crippen LogP contribution in [0.1, 0.15) is 38.4 Å². The molecular weight excluding hydrogens is 462 g/mol. The van der Waals surface area contributed by atoms with Gasteiger partial charge in [0.1, 0.15) is 11.5 Å². The van der Waals surface area contributed by atoms with Gasteiger partial charge in [0.15, 0.2) is 5.17 Å². The van der Waals surface area contributed by atoms with E-state index in [1.807, 2.05) is 35.2 Å². The number of amides is 1. The number of rotatable bonds is 5. The van der Waals surface area contributed by atoms with Gasteiger partial charge in [-0.25, -0.2) is 4.99 Å². The van der Waals surface area contributed by atoms with E-state index in [1.54, 1.807) is 30.3 Å². The van der Waals surface area contributed by atoms with Crippen LogP contribution in [0.15, 0.2) is 81.0 Å². The fourth-order valence-corrected chi connectivity index (χ4v) is 5.66. The number of hydrogen-bond acceptors (Lipinski definition) is 6. The molecule has 0 N–H and O–H groups in total. The van der Waals surface area contributed by atoms with Gasteiger partial charge in [0.2, 0.25) is 0 Å². The molecule has 1 aliphatic carbocycles. The number of carbonyl (C=O) groups is 1. The standard InChI is InChI=1S/C27H25N3O4S/c1-18-8-5-6-13-23(18)29-26(31)25(35-27(29)28-20-10-3-2-4-11-20)17-22-14-15-24(34-22)19-9-7-12-21(16-19)30(32)33/h2-4,7,9-12,14-18,23H,5-6,8,13H2,1H3/b25-17-,28-27?/t18-,23+/m1/s1. The Morgan fingerprint density at radius 1 is 1.09 bits per heavy atom. The highest BCUT2D eigenvalue weighted by atomic mass is 32.2.